The Bertz CT molecular complexity index is 594. The summed E-state index contributed by atoms with van der Waals surface area (Å²) < 4.78 is 7.37. The number of carboxylic acid groups (broad SMARTS) is 1. The van der Waals surface area contributed by atoms with Gasteiger partial charge < -0.3 is 9.84 Å². The second kappa shape index (κ2) is 4.61. The minimum Gasteiger partial charge on any atom is -0.465 e. The van der Waals surface area contributed by atoms with Gasteiger partial charge in [-0.05, 0) is 42.4 Å². The van der Waals surface area contributed by atoms with Gasteiger partial charge in [-0.2, -0.15) is 5.10 Å². The molecule has 8 heteroatoms. The number of rotatable bonds is 2. The standard InChI is InChI=1S/C12H14IN3O4/c1-2-20-10(17)8-7-5-15(11(18)19)12(3-4-12)6-16(7)14-9(8)13/h2-6H2,1H3,(H,18,19). The Kier molecular flexibility index (Phi) is 3.14. The summed E-state index contributed by atoms with van der Waals surface area (Å²) in [6.45, 7) is 2.74. The van der Waals surface area contributed by atoms with Crippen molar-refractivity contribution in [3.05, 3.63) is 15.0 Å². The number of hydrogen-bond acceptors (Lipinski definition) is 4. The zero-order chi connectivity index (χ0) is 14.5. The molecule has 20 heavy (non-hydrogen) atoms. The molecule has 0 radical (unpaired) electrons. The van der Waals surface area contributed by atoms with Gasteiger partial charge in [-0.1, -0.05) is 0 Å². The van der Waals surface area contributed by atoms with E-state index in [9.17, 15) is 14.7 Å². The maximum absolute atomic E-state index is 12.0. The van der Waals surface area contributed by atoms with Crippen LogP contribution < -0.4 is 0 Å². The van der Waals surface area contributed by atoms with Crippen molar-refractivity contribution in [3.8, 4) is 0 Å². The third-order valence-corrected chi connectivity index (χ3v) is 4.63. The number of esters is 1. The average Bonchev–Trinajstić information content (AvgIpc) is 3.03. The highest BCUT2D eigenvalue weighted by atomic mass is 127. The normalized spacial score (nSPS) is 18.8. The Hall–Kier alpha value is -1.32. The van der Waals surface area contributed by atoms with Crippen molar-refractivity contribution in [2.24, 2.45) is 0 Å². The van der Waals surface area contributed by atoms with Crippen molar-refractivity contribution in [2.75, 3.05) is 6.61 Å². The minimum atomic E-state index is -0.945. The van der Waals surface area contributed by atoms with Crippen LogP contribution in [0.4, 0.5) is 4.79 Å². The van der Waals surface area contributed by atoms with Gasteiger partial charge in [0, 0.05) is 0 Å². The van der Waals surface area contributed by atoms with Gasteiger partial charge in [-0.25, -0.2) is 9.59 Å². The Labute approximate surface area is 129 Å². The lowest BCUT2D eigenvalue weighted by Gasteiger charge is -2.34. The number of carbonyl (C=O) groups excluding carboxylic acids is 1. The lowest BCUT2D eigenvalue weighted by atomic mass is 10.1. The van der Waals surface area contributed by atoms with Crippen LogP contribution in [0.25, 0.3) is 0 Å². The fourth-order valence-corrected chi connectivity index (χ4v) is 3.48. The molecule has 1 N–H and O–H groups in total. The van der Waals surface area contributed by atoms with Gasteiger partial charge in [-0.15, -0.1) is 0 Å². The van der Waals surface area contributed by atoms with E-state index in [0.717, 1.165) is 12.8 Å². The number of aromatic nitrogens is 2. The van der Waals surface area contributed by atoms with Crippen LogP contribution >= 0.6 is 22.6 Å². The smallest absolute Gasteiger partial charge is 0.408 e. The molecule has 2 heterocycles. The molecule has 1 amide bonds. The summed E-state index contributed by atoms with van der Waals surface area (Å²) in [5, 5.41) is 13.7. The molecular weight excluding hydrogens is 377 g/mol. The molecule has 1 spiro atoms. The molecule has 1 aliphatic heterocycles. The van der Waals surface area contributed by atoms with E-state index in [2.05, 4.69) is 5.10 Å². The number of ether oxygens (including phenoxy) is 1. The summed E-state index contributed by atoms with van der Waals surface area (Å²) in [7, 11) is 0. The number of halogens is 1. The summed E-state index contributed by atoms with van der Waals surface area (Å²) in [5.41, 5.74) is 0.710. The SMILES string of the molecule is CCOC(=O)c1c(I)nn2c1CN(C(=O)O)C1(CC1)C2. The Morgan fingerprint density at radius 2 is 2.20 bits per heavy atom. The molecule has 2 aliphatic rings. The first-order valence-corrected chi connectivity index (χ1v) is 7.49. The lowest BCUT2D eigenvalue weighted by molar-refractivity contribution is 0.0514. The molecule has 0 bridgehead atoms. The molecule has 0 unspecified atom stereocenters. The quantitative estimate of drug-likeness (QED) is 0.613. The van der Waals surface area contributed by atoms with Crippen molar-refractivity contribution in [3.63, 3.8) is 0 Å². The van der Waals surface area contributed by atoms with E-state index in [1.54, 1.807) is 11.6 Å². The van der Waals surface area contributed by atoms with Crippen molar-refractivity contribution < 1.29 is 19.4 Å². The Balaban J connectivity index is 2.01. The average molecular weight is 391 g/mol. The first-order chi connectivity index (χ1) is 9.48. The van der Waals surface area contributed by atoms with E-state index in [-0.39, 0.29) is 18.7 Å². The molecule has 0 saturated heterocycles. The van der Waals surface area contributed by atoms with Crippen LogP contribution in [-0.4, -0.2) is 44.0 Å². The van der Waals surface area contributed by atoms with Crippen LogP contribution in [0.2, 0.25) is 0 Å². The van der Waals surface area contributed by atoms with E-state index in [1.807, 2.05) is 22.6 Å². The van der Waals surface area contributed by atoms with Crippen LogP contribution in [0.15, 0.2) is 0 Å². The van der Waals surface area contributed by atoms with Gasteiger partial charge in [0.05, 0.1) is 30.9 Å². The maximum Gasteiger partial charge on any atom is 0.408 e. The van der Waals surface area contributed by atoms with E-state index >= 15 is 0 Å². The molecule has 1 aromatic heterocycles. The van der Waals surface area contributed by atoms with E-state index in [0.29, 0.717) is 21.5 Å². The highest BCUT2D eigenvalue weighted by Crippen LogP contribution is 2.47. The zero-order valence-corrected chi connectivity index (χ0v) is 13.1. The van der Waals surface area contributed by atoms with Crippen LogP contribution in [-0.2, 0) is 17.8 Å². The second-order valence-corrected chi connectivity index (χ2v) is 6.11. The first kappa shape index (κ1) is 13.7. The predicted octanol–water partition coefficient (Wildman–Crippen LogP) is 1.69. The predicted molar refractivity (Wildman–Crippen MR) is 76.4 cm³/mol. The molecule has 1 fully saturated rings. The molecule has 0 aromatic carbocycles. The fraction of sp³-hybridized carbons (Fsp3) is 0.583. The van der Waals surface area contributed by atoms with E-state index < -0.39 is 12.1 Å². The number of amides is 1. The minimum absolute atomic E-state index is 0.194. The maximum atomic E-state index is 12.0. The first-order valence-electron chi connectivity index (χ1n) is 6.41. The molecule has 1 aromatic rings. The molecule has 3 rings (SSSR count). The summed E-state index contributed by atoms with van der Waals surface area (Å²) in [5.74, 6) is -0.435. The number of fused-ring (bicyclic) bond motifs is 1. The summed E-state index contributed by atoms with van der Waals surface area (Å²) in [4.78, 5) is 24.9. The van der Waals surface area contributed by atoms with Crippen molar-refractivity contribution >= 4 is 34.7 Å². The van der Waals surface area contributed by atoms with Crippen LogP contribution in [0, 0.1) is 3.70 Å². The topological polar surface area (TPSA) is 84.7 Å². The highest BCUT2D eigenvalue weighted by Gasteiger charge is 2.54. The molecule has 0 atom stereocenters. The van der Waals surface area contributed by atoms with Crippen molar-refractivity contribution in [2.45, 2.75) is 38.4 Å². The number of carbonyl (C=O) groups is 2. The van der Waals surface area contributed by atoms with Crippen LogP contribution in [0.1, 0.15) is 35.8 Å². The molecular formula is C12H14IN3O4. The van der Waals surface area contributed by atoms with Gasteiger partial charge in [0.1, 0.15) is 9.26 Å². The highest BCUT2D eigenvalue weighted by molar-refractivity contribution is 14.1. The monoisotopic (exact) mass is 391 g/mol. The zero-order valence-electron chi connectivity index (χ0n) is 10.9. The molecule has 7 nitrogen and oxygen atoms in total. The number of nitrogens with zero attached hydrogens (tertiary/aromatic N) is 3. The van der Waals surface area contributed by atoms with E-state index in [4.69, 9.17) is 4.74 Å². The van der Waals surface area contributed by atoms with E-state index in [1.165, 1.54) is 4.90 Å². The Morgan fingerprint density at radius 1 is 1.50 bits per heavy atom. The fourth-order valence-electron chi connectivity index (χ4n) is 2.69. The van der Waals surface area contributed by atoms with Crippen molar-refractivity contribution in [1.82, 2.24) is 14.7 Å². The summed E-state index contributed by atoms with van der Waals surface area (Å²) >= 11 is 1.99. The van der Waals surface area contributed by atoms with Crippen molar-refractivity contribution in [1.29, 1.82) is 0 Å². The molecule has 1 saturated carbocycles. The van der Waals surface area contributed by atoms with Crippen LogP contribution in [0.3, 0.4) is 0 Å². The third kappa shape index (κ3) is 1.97. The number of hydrogen-bond donors (Lipinski definition) is 1. The third-order valence-electron chi connectivity index (χ3n) is 3.88. The second-order valence-electron chi connectivity index (χ2n) is 5.08. The summed E-state index contributed by atoms with van der Waals surface area (Å²) in [6, 6.07) is 0. The van der Waals surface area contributed by atoms with Gasteiger partial charge in [0.25, 0.3) is 0 Å². The van der Waals surface area contributed by atoms with Gasteiger partial charge in [0.15, 0.2) is 0 Å². The molecule has 1 aliphatic carbocycles. The van der Waals surface area contributed by atoms with Gasteiger partial charge >= 0.3 is 12.1 Å². The van der Waals surface area contributed by atoms with Crippen LogP contribution in [0.5, 0.6) is 0 Å². The van der Waals surface area contributed by atoms with Gasteiger partial charge in [0.2, 0.25) is 0 Å². The summed E-state index contributed by atoms with van der Waals surface area (Å²) in [6.07, 6.45) is 0.758. The lowest BCUT2D eigenvalue weighted by Crippen LogP contribution is -2.48. The largest absolute Gasteiger partial charge is 0.465 e. The molecule has 108 valence electrons. The van der Waals surface area contributed by atoms with Gasteiger partial charge in [-0.3, -0.25) is 9.58 Å². The Morgan fingerprint density at radius 3 is 2.75 bits per heavy atom.